The summed E-state index contributed by atoms with van der Waals surface area (Å²) in [5, 5.41) is 0.950. The van der Waals surface area contributed by atoms with E-state index < -0.39 is 14.0 Å². The number of nitrogens with zero attached hydrogens (tertiary/aromatic N) is 1. The maximum absolute atomic E-state index is 6.29. The molecule has 1 nitrogen and oxygen atoms in total. The van der Waals surface area contributed by atoms with Crippen molar-refractivity contribution in [2.45, 2.75) is 19.6 Å². The molecule has 78 valence electrons. The lowest BCUT2D eigenvalue weighted by molar-refractivity contribution is 1.60. The van der Waals surface area contributed by atoms with E-state index in [0.717, 1.165) is 5.30 Å². The van der Waals surface area contributed by atoms with Crippen molar-refractivity contribution >= 4 is 41.8 Å². The van der Waals surface area contributed by atoms with Gasteiger partial charge >= 0.3 is 0 Å². The van der Waals surface area contributed by atoms with E-state index in [2.05, 4.69) is 24.1 Å². The summed E-state index contributed by atoms with van der Waals surface area (Å²) in [6.45, 7) is 6.40. The summed E-state index contributed by atoms with van der Waals surface area (Å²) in [6, 6.07) is 9.71. The Morgan fingerprint density at radius 2 is 1.57 bits per heavy atom. The Morgan fingerprint density at radius 1 is 1.07 bits per heavy atom. The predicted octanol–water partition coefficient (Wildman–Crippen LogP) is 4.66. The minimum absolute atomic E-state index is 0.950. The minimum Gasteiger partial charge on any atom is -0.308 e. The molecule has 1 rings (SSSR count). The first-order valence-electron chi connectivity index (χ1n) is 4.40. The first kappa shape index (κ1) is 12.3. The summed E-state index contributed by atoms with van der Waals surface area (Å²) in [7, 11) is -1.56. The average Bonchev–Trinajstić information content (AvgIpc) is 2.01. The second-order valence-corrected chi connectivity index (χ2v) is 14.2. The SMILES string of the molecule is C[Si](C)(C)N=P(Cl)(Cl)c1ccccc1. The van der Waals surface area contributed by atoms with Gasteiger partial charge in [-0.3, -0.25) is 0 Å². The second kappa shape index (κ2) is 4.40. The summed E-state index contributed by atoms with van der Waals surface area (Å²) in [4.78, 5) is 0. The lowest BCUT2D eigenvalue weighted by Crippen LogP contribution is -2.16. The van der Waals surface area contributed by atoms with Gasteiger partial charge in [0.25, 0.3) is 0 Å². The van der Waals surface area contributed by atoms with E-state index in [0.29, 0.717) is 0 Å². The molecule has 0 atom stereocenters. The molecule has 0 fully saturated rings. The van der Waals surface area contributed by atoms with Gasteiger partial charge in [-0.25, -0.2) is 0 Å². The third-order valence-corrected chi connectivity index (χ3v) is 8.35. The zero-order valence-corrected chi connectivity index (χ0v) is 11.9. The Kier molecular flexibility index (Phi) is 3.87. The van der Waals surface area contributed by atoms with E-state index in [1.54, 1.807) is 0 Å². The smallest absolute Gasteiger partial charge is 0.173 e. The molecule has 0 saturated carbocycles. The standard InChI is InChI=1S/C9H14Cl2NPSi/c1-14(2,3)12-13(10,11)9-7-5-4-6-8-9/h4-8H,1-3H3. The predicted molar refractivity (Wildman–Crippen MR) is 70.5 cm³/mol. The van der Waals surface area contributed by atoms with Crippen molar-refractivity contribution in [1.82, 2.24) is 0 Å². The first-order valence-corrected chi connectivity index (χ1v) is 11.4. The maximum atomic E-state index is 6.29. The molecule has 0 spiro atoms. The summed E-state index contributed by atoms with van der Waals surface area (Å²) in [6.07, 6.45) is 0. The van der Waals surface area contributed by atoms with E-state index in [4.69, 9.17) is 22.5 Å². The fraction of sp³-hybridized carbons (Fsp3) is 0.333. The van der Waals surface area contributed by atoms with Crippen molar-refractivity contribution in [3.05, 3.63) is 30.3 Å². The van der Waals surface area contributed by atoms with Gasteiger partial charge in [0.1, 0.15) is 0 Å². The summed E-state index contributed by atoms with van der Waals surface area (Å²) in [5.74, 6) is -2.29. The Balaban J connectivity index is 3.15. The highest BCUT2D eigenvalue weighted by molar-refractivity contribution is 8.15. The molecule has 1 aromatic carbocycles. The molecule has 0 aromatic heterocycles. The van der Waals surface area contributed by atoms with Crippen molar-refractivity contribution in [3.8, 4) is 0 Å². The van der Waals surface area contributed by atoms with Crippen LogP contribution in [0.4, 0.5) is 0 Å². The highest BCUT2D eigenvalue weighted by Crippen LogP contribution is 2.59. The van der Waals surface area contributed by atoms with Crippen LogP contribution in [0.1, 0.15) is 0 Å². The van der Waals surface area contributed by atoms with Crippen LogP contribution in [-0.4, -0.2) is 8.24 Å². The van der Waals surface area contributed by atoms with Gasteiger partial charge in [-0.05, 0) is 19.6 Å². The molecule has 0 heterocycles. The number of halogens is 2. The van der Waals surface area contributed by atoms with Gasteiger partial charge in [0, 0.05) is 5.30 Å². The Morgan fingerprint density at radius 3 is 2.00 bits per heavy atom. The second-order valence-electron chi connectivity index (χ2n) is 4.09. The maximum Gasteiger partial charge on any atom is 0.173 e. The lowest BCUT2D eigenvalue weighted by atomic mass is 10.4. The molecule has 1 aromatic rings. The van der Waals surface area contributed by atoms with Gasteiger partial charge in [0.15, 0.2) is 14.0 Å². The number of hydrogen-bond donors (Lipinski definition) is 0. The fourth-order valence-corrected chi connectivity index (χ4v) is 9.81. The normalized spacial score (nSPS) is 12.6. The van der Waals surface area contributed by atoms with Crippen LogP contribution in [0.5, 0.6) is 0 Å². The molecular weight excluding hydrogens is 252 g/mol. The van der Waals surface area contributed by atoms with Gasteiger partial charge in [-0.2, -0.15) is 0 Å². The van der Waals surface area contributed by atoms with E-state index in [1.807, 2.05) is 30.3 Å². The van der Waals surface area contributed by atoms with Gasteiger partial charge in [0.2, 0.25) is 0 Å². The molecule has 0 radical (unpaired) electrons. The van der Waals surface area contributed by atoms with Crippen molar-refractivity contribution in [3.63, 3.8) is 0 Å². The molecule has 5 heteroatoms. The lowest BCUT2D eigenvalue weighted by Gasteiger charge is -2.16. The summed E-state index contributed by atoms with van der Waals surface area (Å²) < 4.78 is 4.59. The third kappa shape index (κ3) is 3.78. The Bertz CT molecular complexity index is 353. The molecule has 0 N–H and O–H groups in total. The van der Waals surface area contributed by atoms with E-state index >= 15 is 0 Å². The van der Waals surface area contributed by atoms with Crippen LogP contribution in [0.2, 0.25) is 19.6 Å². The molecule has 0 saturated heterocycles. The van der Waals surface area contributed by atoms with Crippen molar-refractivity contribution in [2.75, 3.05) is 0 Å². The third-order valence-electron chi connectivity index (χ3n) is 1.49. The molecule has 0 aliphatic rings. The molecule has 0 amide bonds. The topological polar surface area (TPSA) is 12.4 Å². The quantitative estimate of drug-likeness (QED) is 0.545. The number of benzene rings is 1. The van der Waals surface area contributed by atoms with Crippen LogP contribution in [0.15, 0.2) is 34.7 Å². The van der Waals surface area contributed by atoms with E-state index in [9.17, 15) is 0 Å². The molecular formula is C9H14Cl2NPSi. The summed E-state index contributed by atoms with van der Waals surface area (Å²) >= 11 is 12.6. The highest BCUT2D eigenvalue weighted by atomic mass is 35.9. The largest absolute Gasteiger partial charge is 0.308 e. The number of hydrogen-bond acceptors (Lipinski definition) is 1. The van der Waals surface area contributed by atoms with E-state index in [-0.39, 0.29) is 0 Å². The van der Waals surface area contributed by atoms with Crippen LogP contribution in [0.25, 0.3) is 0 Å². The van der Waals surface area contributed by atoms with Gasteiger partial charge < -0.3 is 4.41 Å². The van der Waals surface area contributed by atoms with Crippen LogP contribution < -0.4 is 5.30 Å². The van der Waals surface area contributed by atoms with Gasteiger partial charge in [-0.1, -0.05) is 52.8 Å². The van der Waals surface area contributed by atoms with Gasteiger partial charge in [0.05, 0.1) is 0 Å². The van der Waals surface area contributed by atoms with E-state index in [1.165, 1.54) is 0 Å². The molecule has 14 heavy (non-hydrogen) atoms. The molecule has 0 aliphatic heterocycles. The van der Waals surface area contributed by atoms with Crippen molar-refractivity contribution in [2.24, 2.45) is 4.41 Å². The summed E-state index contributed by atoms with van der Waals surface area (Å²) in [5.41, 5.74) is 0. The van der Waals surface area contributed by atoms with Crippen molar-refractivity contribution in [1.29, 1.82) is 0 Å². The Labute approximate surface area is 96.2 Å². The molecule has 0 unspecified atom stereocenters. The average molecular weight is 266 g/mol. The number of rotatable bonds is 2. The van der Waals surface area contributed by atoms with Crippen LogP contribution in [-0.2, 0) is 0 Å². The first-order chi connectivity index (χ1) is 6.31. The fourth-order valence-electron chi connectivity index (χ4n) is 1.04. The molecule has 0 bridgehead atoms. The van der Waals surface area contributed by atoms with Crippen LogP contribution in [0.3, 0.4) is 0 Å². The highest BCUT2D eigenvalue weighted by Gasteiger charge is 2.21. The van der Waals surface area contributed by atoms with Gasteiger partial charge in [-0.15, -0.1) is 0 Å². The zero-order valence-electron chi connectivity index (χ0n) is 8.54. The zero-order chi connectivity index (χ0) is 10.8. The van der Waals surface area contributed by atoms with Crippen molar-refractivity contribution < 1.29 is 0 Å². The van der Waals surface area contributed by atoms with Crippen LogP contribution >= 0.6 is 28.2 Å². The molecule has 0 aliphatic carbocycles. The Hall–Kier alpha value is 0.247. The van der Waals surface area contributed by atoms with Crippen LogP contribution in [0, 0.1) is 0 Å². The minimum atomic E-state index is -2.29. The monoisotopic (exact) mass is 265 g/mol.